The fourth-order valence-electron chi connectivity index (χ4n) is 2.53. The predicted octanol–water partition coefficient (Wildman–Crippen LogP) is 2.61. The van der Waals surface area contributed by atoms with Crippen LogP contribution in [0.25, 0.3) is 0 Å². The highest BCUT2D eigenvalue weighted by Crippen LogP contribution is 2.18. The summed E-state index contributed by atoms with van der Waals surface area (Å²) < 4.78 is 6.36. The topological polar surface area (TPSA) is 54.5 Å². The van der Waals surface area contributed by atoms with Crippen LogP contribution in [0, 0.1) is 0 Å². The fraction of sp³-hybridized carbons (Fsp3) is 0.294. The van der Waals surface area contributed by atoms with E-state index in [1.165, 1.54) is 0 Å². The molecule has 1 aliphatic heterocycles. The summed E-state index contributed by atoms with van der Waals surface area (Å²) >= 11 is 3.44. The molecule has 1 aromatic carbocycles. The summed E-state index contributed by atoms with van der Waals surface area (Å²) in [5, 5.41) is 2.96. The summed E-state index contributed by atoms with van der Waals surface area (Å²) in [6.45, 7) is 3.31. The molecule has 1 N–H and O–H groups in total. The molecule has 0 spiro atoms. The molecule has 0 aliphatic carbocycles. The SMILES string of the molecule is O=C(NCc1cccc(Br)c1)c1cccnc1N1CCOCC1. The molecule has 23 heavy (non-hydrogen) atoms. The van der Waals surface area contributed by atoms with Crippen LogP contribution in [0.3, 0.4) is 0 Å². The van der Waals surface area contributed by atoms with E-state index in [-0.39, 0.29) is 5.91 Å². The van der Waals surface area contributed by atoms with Crippen LogP contribution >= 0.6 is 15.9 Å². The van der Waals surface area contributed by atoms with Gasteiger partial charge in [-0.1, -0.05) is 28.1 Å². The molecule has 6 heteroatoms. The van der Waals surface area contributed by atoms with E-state index in [0.29, 0.717) is 25.3 Å². The van der Waals surface area contributed by atoms with Gasteiger partial charge in [0.2, 0.25) is 0 Å². The number of morpholine rings is 1. The van der Waals surface area contributed by atoms with E-state index in [4.69, 9.17) is 4.74 Å². The third-order valence-corrected chi connectivity index (χ3v) is 4.18. The van der Waals surface area contributed by atoms with E-state index >= 15 is 0 Å². The minimum Gasteiger partial charge on any atom is -0.378 e. The van der Waals surface area contributed by atoms with Crippen molar-refractivity contribution in [3.8, 4) is 0 Å². The van der Waals surface area contributed by atoms with Crippen molar-refractivity contribution in [2.45, 2.75) is 6.54 Å². The molecule has 0 atom stereocenters. The first-order valence-corrected chi connectivity index (χ1v) is 8.34. The number of carbonyl (C=O) groups excluding carboxylic acids is 1. The maximum atomic E-state index is 12.5. The summed E-state index contributed by atoms with van der Waals surface area (Å²) in [4.78, 5) is 19.0. The van der Waals surface area contributed by atoms with E-state index in [1.807, 2.05) is 30.3 Å². The van der Waals surface area contributed by atoms with Crippen LogP contribution in [0.1, 0.15) is 15.9 Å². The first-order valence-electron chi connectivity index (χ1n) is 7.54. The van der Waals surface area contributed by atoms with Crippen LogP contribution in [-0.2, 0) is 11.3 Å². The van der Waals surface area contributed by atoms with Crippen molar-refractivity contribution < 1.29 is 9.53 Å². The standard InChI is InChI=1S/C17H18BrN3O2/c18-14-4-1-3-13(11-14)12-20-17(22)15-5-2-6-19-16(15)21-7-9-23-10-8-21/h1-6,11H,7-10,12H2,(H,20,22). The monoisotopic (exact) mass is 375 g/mol. The lowest BCUT2D eigenvalue weighted by Crippen LogP contribution is -2.38. The molecular weight excluding hydrogens is 358 g/mol. The van der Waals surface area contributed by atoms with Gasteiger partial charge in [0, 0.05) is 30.3 Å². The zero-order valence-electron chi connectivity index (χ0n) is 12.7. The molecule has 1 saturated heterocycles. The zero-order valence-corrected chi connectivity index (χ0v) is 14.3. The molecule has 0 saturated carbocycles. The van der Waals surface area contributed by atoms with E-state index in [1.54, 1.807) is 12.3 Å². The molecule has 1 aliphatic rings. The van der Waals surface area contributed by atoms with Gasteiger partial charge in [-0.3, -0.25) is 4.79 Å². The first kappa shape index (κ1) is 16.0. The Labute approximate surface area is 143 Å². The molecule has 2 heterocycles. The number of hydrogen-bond donors (Lipinski definition) is 1. The van der Waals surface area contributed by atoms with Gasteiger partial charge in [-0.15, -0.1) is 0 Å². The first-order chi connectivity index (χ1) is 11.2. The van der Waals surface area contributed by atoms with Crippen LogP contribution in [0.4, 0.5) is 5.82 Å². The van der Waals surface area contributed by atoms with E-state index in [9.17, 15) is 4.79 Å². The maximum Gasteiger partial charge on any atom is 0.255 e. The number of aromatic nitrogens is 1. The molecule has 1 fully saturated rings. The number of nitrogens with zero attached hydrogens (tertiary/aromatic N) is 2. The highest BCUT2D eigenvalue weighted by molar-refractivity contribution is 9.10. The molecule has 120 valence electrons. The fourth-order valence-corrected chi connectivity index (χ4v) is 2.97. The average molecular weight is 376 g/mol. The van der Waals surface area contributed by atoms with E-state index in [0.717, 1.165) is 28.9 Å². The Balaban J connectivity index is 1.72. The third-order valence-electron chi connectivity index (χ3n) is 3.68. The van der Waals surface area contributed by atoms with Gasteiger partial charge in [0.15, 0.2) is 0 Å². The molecule has 3 rings (SSSR count). The second-order valence-corrected chi connectivity index (χ2v) is 6.20. The van der Waals surface area contributed by atoms with Crippen LogP contribution in [0.15, 0.2) is 47.1 Å². The van der Waals surface area contributed by atoms with Crippen LogP contribution in [0.2, 0.25) is 0 Å². The van der Waals surface area contributed by atoms with Crippen LogP contribution in [0.5, 0.6) is 0 Å². The van der Waals surface area contributed by atoms with Gasteiger partial charge in [0.1, 0.15) is 5.82 Å². The van der Waals surface area contributed by atoms with Crippen LogP contribution < -0.4 is 10.2 Å². The Kier molecular flexibility index (Phi) is 5.25. The number of nitrogens with one attached hydrogen (secondary N) is 1. The van der Waals surface area contributed by atoms with Gasteiger partial charge >= 0.3 is 0 Å². The Morgan fingerprint density at radius 3 is 2.87 bits per heavy atom. The molecular formula is C17H18BrN3O2. The van der Waals surface area contributed by atoms with Crippen molar-refractivity contribution in [2.75, 3.05) is 31.2 Å². The third kappa shape index (κ3) is 4.09. The molecule has 0 radical (unpaired) electrons. The molecule has 1 amide bonds. The Bertz CT molecular complexity index is 687. The Morgan fingerprint density at radius 1 is 1.26 bits per heavy atom. The number of pyridine rings is 1. The molecule has 0 bridgehead atoms. The number of ether oxygens (including phenoxy) is 1. The molecule has 1 aromatic heterocycles. The Hall–Kier alpha value is -1.92. The number of rotatable bonds is 4. The quantitative estimate of drug-likeness (QED) is 0.892. The largest absolute Gasteiger partial charge is 0.378 e. The molecule has 0 unspecified atom stereocenters. The number of carbonyl (C=O) groups is 1. The van der Waals surface area contributed by atoms with Crippen molar-refractivity contribution >= 4 is 27.7 Å². The van der Waals surface area contributed by atoms with Crippen LogP contribution in [-0.4, -0.2) is 37.2 Å². The van der Waals surface area contributed by atoms with Crippen molar-refractivity contribution in [3.63, 3.8) is 0 Å². The van der Waals surface area contributed by atoms with Crippen molar-refractivity contribution in [3.05, 3.63) is 58.2 Å². The number of halogens is 1. The van der Waals surface area contributed by atoms with Gasteiger partial charge < -0.3 is 15.0 Å². The van der Waals surface area contributed by atoms with Crippen molar-refractivity contribution in [1.82, 2.24) is 10.3 Å². The van der Waals surface area contributed by atoms with Gasteiger partial charge in [0.25, 0.3) is 5.91 Å². The second-order valence-electron chi connectivity index (χ2n) is 5.29. The number of benzene rings is 1. The second kappa shape index (κ2) is 7.57. The van der Waals surface area contributed by atoms with Gasteiger partial charge in [0.05, 0.1) is 18.8 Å². The lowest BCUT2D eigenvalue weighted by molar-refractivity contribution is 0.0949. The average Bonchev–Trinajstić information content (AvgIpc) is 2.60. The lowest BCUT2D eigenvalue weighted by Gasteiger charge is -2.29. The number of hydrogen-bond acceptors (Lipinski definition) is 4. The minimum absolute atomic E-state index is 0.112. The van der Waals surface area contributed by atoms with Crippen molar-refractivity contribution in [1.29, 1.82) is 0 Å². The summed E-state index contributed by atoms with van der Waals surface area (Å²) in [5.74, 6) is 0.613. The van der Waals surface area contributed by atoms with Gasteiger partial charge in [-0.25, -0.2) is 4.98 Å². The lowest BCUT2D eigenvalue weighted by atomic mass is 10.2. The highest BCUT2D eigenvalue weighted by Gasteiger charge is 2.19. The van der Waals surface area contributed by atoms with Crippen molar-refractivity contribution in [2.24, 2.45) is 0 Å². The van der Waals surface area contributed by atoms with Gasteiger partial charge in [-0.2, -0.15) is 0 Å². The minimum atomic E-state index is -0.112. The maximum absolute atomic E-state index is 12.5. The smallest absolute Gasteiger partial charge is 0.255 e. The highest BCUT2D eigenvalue weighted by atomic mass is 79.9. The Morgan fingerprint density at radius 2 is 2.09 bits per heavy atom. The summed E-state index contributed by atoms with van der Waals surface area (Å²) in [7, 11) is 0. The summed E-state index contributed by atoms with van der Waals surface area (Å²) in [6, 6.07) is 11.5. The number of anilines is 1. The normalized spacial score (nSPS) is 14.6. The zero-order chi connectivity index (χ0) is 16.1. The number of amides is 1. The summed E-state index contributed by atoms with van der Waals surface area (Å²) in [6.07, 6.45) is 1.72. The van der Waals surface area contributed by atoms with E-state index in [2.05, 4.69) is 31.1 Å². The molecule has 5 nitrogen and oxygen atoms in total. The summed E-state index contributed by atoms with van der Waals surface area (Å²) in [5.41, 5.74) is 1.65. The van der Waals surface area contributed by atoms with E-state index < -0.39 is 0 Å². The molecule has 2 aromatic rings. The van der Waals surface area contributed by atoms with Gasteiger partial charge in [-0.05, 0) is 29.8 Å². The predicted molar refractivity (Wildman–Crippen MR) is 92.6 cm³/mol.